The Bertz CT molecular complexity index is 1150. The van der Waals surface area contributed by atoms with Crippen molar-refractivity contribution < 1.29 is 14.3 Å². The first kappa shape index (κ1) is 19.9. The Kier molecular flexibility index (Phi) is 5.84. The van der Waals surface area contributed by atoms with Gasteiger partial charge in [-0.1, -0.05) is 45.9 Å². The highest BCUT2D eigenvalue weighted by atomic mass is 79.9. The summed E-state index contributed by atoms with van der Waals surface area (Å²) >= 11 is 7.94. The number of halogens is 2. The standard InChI is InChI=1S/C19H12Br2N4O3S/c20-12-6-11(16(26)14(21)8-12)7-13-15(22-23-17(13)27)9-29-19-25-24-18(28-19)10-4-2-1-3-5-10/h1-8,26H,9H2,(H,23,27)/b13-7-. The van der Waals surface area contributed by atoms with Gasteiger partial charge in [0.25, 0.3) is 11.1 Å². The van der Waals surface area contributed by atoms with E-state index in [1.54, 1.807) is 18.2 Å². The van der Waals surface area contributed by atoms with E-state index in [4.69, 9.17) is 4.42 Å². The van der Waals surface area contributed by atoms with Crippen LogP contribution >= 0.6 is 43.6 Å². The molecule has 7 nitrogen and oxygen atoms in total. The summed E-state index contributed by atoms with van der Waals surface area (Å²) in [6.07, 6.45) is 1.59. The van der Waals surface area contributed by atoms with Gasteiger partial charge >= 0.3 is 0 Å². The highest BCUT2D eigenvalue weighted by Crippen LogP contribution is 2.34. The van der Waals surface area contributed by atoms with E-state index >= 15 is 0 Å². The van der Waals surface area contributed by atoms with Crippen molar-refractivity contribution in [3.05, 3.63) is 62.5 Å². The molecule has 0 atom stereocenters. The molecule has 0 fully saturated rings. The average molecular weight is 536 g/mol. The lowest BCUT2D eigenvalue weighted by Crippen LogP contribution is -2.13. The zero-order valence-corrected chi connectivity index (χ0v) is 18.6. The van der Waals surface area contributed by atoms with Gasteiger partial charge in [0.1, 0.15) is 5.75 Å². The smallest absolute Gasteiger partial charge is 0.277 e. The molecule has 1 amide bonds. The summed E-state index contributed by atoms with van der Waals surface area (Å²) in [5.74, 6) is 0.468. The first-order valence-corrected chi connectivity index (χ1v) is 10.9. The van der Waals surface area contributed by atoms with Crippen molar-refractivity contribution >= 4 is 61.3 Å². The molecule has 0 saturated carbocycles. The summed E-state index contributed by atoms with van der Waals surface area (Å²) in [5, 5.41) is 22.8. The minimum absolute atomic E-state index is 0.0387. The summed E-state index contributed by atoms with van der Waals surface area (Å²) in [6, 6.07) is 12.9. The third-order valence-electron chi connectivity index (χ3n) is 3.96. The number of thioether (sulfide) groups is 1. The molecule has 2 N–H and O–H groups in total. The van der Waals surface area contributed by atoms with Crippen molar-refractivity contribution in [2.24, 2.45) is 5.10 Å². The van der Waals surface area contributed by atoms with Crippen LogP contribution in [-0.2, 0) is 4.79 Å². The molecule has 0 unspecified atom stereocenters. The van der Waals surface area contributed by atoms with Gasteiger partial charge in [-0.05, 0) is 46.3 Å². The number of phenolic OH excluding ortho intramolecular Hbond substituents is 1. The zero-order valence-electron chi connectivity index (χ0n) is 14.6. The number of benzene rings is 2. The van der Waals surface area contributed by atoms with Gasteiger partial charge in [-0.2, -0.15) is 5.10 Å². The number of aromatic nitrogens is 2. The number of carbonyl (C=O) groups excluding carboxylic acids is 1. The van der Waals surface area contributed by atoms with Gasteiger partial charge in [-0.25, -0.2) is 5.43 Å². The Hall–Kier alpha value is -2.43. The molecule has 4 rings (SSSR count). The normalized spacial score (nSPS) is 14.9. The van der Waals surface area contributed by atoms with E-state index < -0.39 is 0 Å². The van der Waals surface area contributed by atoms with Gasteiger partial charge in [0, 0.05) is 21.4 Å². The molecule has 2 heterocycles. The van der Waals surface area contributed by atoms with E-state index in [1.165, 1.54) is 11.8 Å². The number of nitrogens with one attached hydrogen (secondary N) is 1. The van der Waals surface area contributed by atoms with Gasteiger partial charge in [-0.3, -0.25) is 4.79 Å². The van der Waals surface area contributed by atoms with Gasteiger partial charge < -0.3 is 9.52 Å². The predicted octanol–water partition coefficient (Wildman–Crippen LogP) is 4.63. The van der Waals surface area contributed by atoms with Crippen molar-refractivity contribution in [3.8, 4) is 17.2 Å². The molecule has 1 aliphatic rings. The summed E-state index contributed by atoms with van der Waals surface area (Å²) < 4.78 is 6.95. The first-order valence-electron chi connectivity index (χ1n) is 8.30. The molecular weight excluding hydrogens is 524 g/mol. The van der Waals surface area contributed by atoms with E-state index in [-0.39, 0.29) is 11.7 Å². The number of aromatic hydroxyl groups is 1. The zero-order chi connectivity index (χ0) is 20.4. The Labute approximate surface area is 186 Å². The Morgan fingerprint density at radius 2 is 1.97 bits per heavy atom. The second-order valence-electron chi connectivity index (χ2n) is 5.91. The quantitative estimate of drug-likeness (QED) is 0.365. The number of hydrogen-bond acceptors (Lipinski definition) is 7. The van der Waals surface area contributed by atoms with Crippen LogP contribution in [0.2, 0.25) is 0 Å². The number of hydrogen-bond donors (Lipinski definition) is 2. The fourth-order valence-electron chi connectivity index (χ4n) is 2.58. The van der Waals surface area contributed by atoms with E-state index in [1.807, 2.05) is 30.3 Å². The molecule has 3 aromatic rings. The van der Waals surface area contributed by atoms with Crippen LogP contribution in [0.3, 0.4) is 0 Å². The third-order valence-corrected chi connectivity index (χ3v) is 5.86. The lowest BCUT2D eigenvalue weighted by molar-refractivity contribution is -0.116. The SMILES string of the molecule is O=C1NN=C(CSc2nnc(-c3ccccc3)o2)/C1=C/c1cc(Br)cc(Br)c1O. The lowest BCUT2D eigenvalue weighted by atomic mass is 10.1. The molecule has 29 heavy (non-hydrogen) atoms. The number of rotatable bonds is 5. The van der Waals surface area contributed by atoms with Crippen molar-refractivity contribution in [2.45, 2.75) is 5.22 Å². The second-order valence-corrected chi connectivity index (χ2v) is 8.61. The molecule has 1 aliphatic heterocycles. The third kappa shape index (κ3) is 4.44. The highest BCUT2D eigenvalue weighted by Gasteiger charge is 2.24. The van der Waals surface area contributed by atoms with Crippen LogP contribution in [0.15, 0.2) is 71.7 Å². The maximum Gasteiger partial charge on any atom is 0.277 e. The summed E-state index contributed by atoms with van der Waals surface area (Å²) in [4.78, 5) is 12.2. The molecule has 1 aromatic heterocycles. The van der Waals surface area contributed by atoms with Gasteiger partial charge in [-0.15, -0.1) is 10.2 Å². The van der Waals surface area contributed by atoms with Crippen LogP contribution in [0.5, 0.6) is 5.75 Å². The highest BCUT2D eigenvalue weighted by molar-refractivity contribution is 9.11. The van der Waals surface area contributed by atoms with E-state index in [9.17, 15) is 9.90 Å². The van der Waals surface area contributed by atoms with E-state index in [0.717, 1.165) is 10.0 Å². The Morgan fingerprint density at radius 1 is 1.17 bits per heavy atom. The van der Waals surface area contributed by atoms with Crippen LogP contribution in [0.25, 0.3) is 17.5 Å². The molecule has 0 spiro atoms. The summed E-state index contributed by atoms with van der Waals surface area (Å²) in [6.45, 7) is 0. The molecule has 146 valence electrons. The van der Waals surface area contributed by atoms with Gasteiger partial charge in [0.2, 0.25) is 5.89 Å². The topological polar surface area (TPSA) is 101 Å². The number of phenols is 1. The van der Waals surface area contributed by atoms with Crippen molar-refractivity contribution in [1.29, 1.82) is 0 Å². The van der Waals surface area contributed by atoms with Gasteiger partial charge in [0.15, 0.2) is 0 Å². The summed E-state index contributed by atoms with van der Waals surface area (Å²) in [5.41, 5.74) is 4.65. The number of hydrazone groups is 1. The minimum atomic E-state index is -0.341. The van der Waals surface area contributed by atoms with Crippen LogP contribution in [0.1, 0.15) is 5.56 Å². The molecule has 0 bridgehead atoms. The molecule has 0 saturated heterocycles. The predicted molar refractivity (Wildman–Crippen MR) is 118 cm³/mol. The summed E-state index contributed by atoms with van der Waals surface area (Å²) in [7, 11) is 0. The molecule has 0 radical (unpaired) electrons. The Morgan fingerprint density at radius 3 is 2.76 bits per heavy atom. The maximum atomic E-state index is 12.2. The van der Waals surface area contributed by atoms with Crippen LogP contribution in [0.4, 0.5) is 0 Å². The van der Waals surface area contributed by atoms with E-state index in [0.29, 0.717) is 38.2 Å². The van der Waals surface area contributed by atoms with E-state index in [2.05, 4.69) is 52.6 Å². The molecule has 2 aromatic carbocycles. The average Bonchev–Trinajstić information content (AvgIpc) is 3.32. The molecule has 0 aliphatic carbocycles. The van der Waals surface area contributed by atoms with Crippen LogP contribution in [0, 0.1) is 0 Å². The number of nitrogens with zero attached hydrogens (tertiary/aromatic N) is 3. The fraction of sp³-hybridized carbons (Fsp3) is 0.0526. The van der Waals surface area contributed by atoms with Crippen LogP contribution in [-0.4, -0.2) is 32.7 Å². The van der Waals surface area contributed by atoms with Crippen molar-refractivity contribution in [2.75, 3.05) is 5.75 Å². The second kappa shape index (κ2) is 8.52. The monoisotopic (exact) mass is 534 g/mol. The van der Waals surface area contributed by atoms with Gasteiger partial charge in [0.05, 0.1) is 15.8 Å². The van der Waals surface area contributed by atoms with Crippen molar-refractivity contribution in [1.82, 2.24) is 15.6 Å². The largest absolute Gasteiger partial charge is 0.506 e. The minimum Gasteiger partial charge on any atom is -0.506 e. The maximum absolute atomic E-state index is 12.2. The molecule has 10 heteroatoms. The van der Waals surface area contributed by atoms with Crippen LogP contribution < -0.4 is 5.43 Å². The first-order chi connectivity index (χ1) is 14.0. The number of amides is 1. The fourth-order valence-corrected chi connectivity index (χ4v) is 4.55. The number of carbonyl (C=O) groups is 1. The van der Waals surface area contributed by atoms with Crippen molar-refractivity contribution in [3.63, 3.8) is 0 Å². The molecular formula is C19H12Br2N4O3S. The lowest BCUT2D eigenvalue weighted by Gasteiger charge is -2.05. The Balaban J connectivity index is 1.52.